The lowest BCUT2D eigenvalue weighted by Gasteiger charge is -2.22. The highest BCUT2D eigenvalue weighted by Crippen LogP contribution is 2.18. The lowest BCUT2D eigenvalue weighted by Crippen LogP contribution is -2.40. The second kappa shape index (κ2) is 7.48. The van der Waals surface area contributed by atoms with Crippen molar-refractivity contribution in [2.75, 3.05) is 11.9 Å². The Bertz CT molecular complexity index is 674. The first kappa shape index (κ1) is 18.0. The van der Waals surface area contributed by atoms with E-state index in [9.17, 15) is 9.90 Å². The van der Waals surface area contributed by atoms with Gasteiger partial charge in [0.25, 0.3) is 0 Å². The summed E-state index contributed by atoms with van der Waals surface area (Å²) < 4.78 is 3.41. The Hall–Kier alpha value is -2.35. The highest BCUT2D eigenvalue weighted by Gasteiger charge is 2.25. The van der Waals surface area contributed by atoms with Crippen LogP contribution in [0.25, 0.3) is 0 Å². The fourth-order valence-corrected chi connectivity index (χ4v) is 2.16. The van der Waals surface area contributed by atoms with Crippen molar-refractivity contribution < 1.29 is 9.90 Å². The maximum Gasteiger partial charge on any atom is 0.320 e. The molecule has 2 rings (SSSR count). The monoisotopic (exact) mass is 334 g/mol. The van der Waals surface area contributed by atoms with Crippen LogP contribution in [0.5, 0.6) is 0 Å². The highest BCUT2D eigenvalue weighted by molar-refractivity contribution is 5.88. The minimum Gasteiger partial charge on any atom is -0.383 e. The van der Waals surface area contributed by atoms with E-state index in [0.717, 1.165) is 13.0 Å². The average molecular weight is 334 g/mol. The van der Waals surface area contributed by atoms with Gasteiger partial charge < -0.3 is 10.4 Å². The Kier molecular flexibility index (Phi) is 5.61. The third-order valence-corrected chi connectivity index (χ3v) is 3.74. The quantitative estimate of drug-likeness (QED) is 0.718. The fourth-order valence-electron chi connectivity index (χ4n) is 2.16. The highest BCUT2D eigenvalue weighted by atomic mass is 16.3. The van der Waals surface area contributed by atoms with E-state index in [-0.39, 0.29) is 6.54 Å². The molecule has 0 aliphatic rings. The zero-order valence-electron chi connectivity index (χ0n) is 14.7. The molecule has 24 heavy (non-hydrogen) atoms. The van der Waals surface area contributed by atoms with Crippen molar-refractivity contribution >= 4 is 11.8 Å². The van der Waals surface area contributed by atoms with Crippen molar-refractivity contribution in [2.45, 2.75) is 39.3 Å². The number of anilines is 1. The fraction of sp³-hybridized carbons (Fsp3) is 0.562. The van der Waals surface area contributed by atoms with Crippen molar-refractivity contribution in [1.82, 2.24) is 24.9 Å². The number of carbonyl (C=O) groups excluding carboxylic acids is 1. The first-order valence-corrected chi connectivity index (χ1v) is 8.06. The number of hydrogen-bond acceptors (Lipinski definition) is 4. The molecule has 8 nitrogen and oxygen atoms in total. The number of aliphatic hydroxyl groups is 1. The van der Waals surface area contributed by atoms with Crippen LogP contribution in [0.3, 0.4) is 0 Å². The minimum absolute atomic E-state index is 0.0680. The maximum atomic E-state index is 12.0. The summed E-state index contributed by atoms with van der Waals surface area (Å²) in [6.07, 6.45) is 6.16. The zero-order chi connectivity index (χ0) is 17.7. The summed E-state index contributed by atoms with van der Waals surface area (Å²) in [4.78, 5) is 12.0. The van der Waals surface area contributed by atoms with Crippen molar-refractivity contribution in [3.8, 4) is 0 Å². The van der Waals surface area contributed by atoms with Crippen molar-refractivity contribution in [3.63, 3.8) is 0 Å². The largest absolute Gasteiger partial charge is 0.383 e. The molecule has 2 heterocycles. The van der Waals surface area contributed by atoms with Crippen LogP contribution in [0.1, 0.15) is 32.8 Å². The van der Waals surface area contributed by atoms with Gasteiger partial charge in [-0.15, -0.1) is 0 Å². The number of nitrogens with zero attached hydrogens (tertiary/aromatic N) is 4. The van der Waals surface area contributed by atoms with E-state index >= 15 is 0 Å². The molecule has 0 aliphatic heterocycles. The van der Waals surface area contributed by atoms with Gasteiger partial charge in [0.1, 0.15) is 5.60 Å². The third kappa shape index (κ3) is 5.09. The van der Waals surface area contributed by atoms with Gasteiger partial charge in [-0.3, -0.25) is 14.7 Å². The Morgan fingerprint density at radius 1 is 1.46 bits per heavy atom. The van der Waals surface area contributed by atoms with Crippen LogP contribution in [-0.2, 0) is 19.2 Å². The van der Waals surface area contributed by atoms with Gasteiger partial charge in [0.15, 0.2) is 5.82 Å². The van der Waals surface area contributed by atoms with E-state index < -0.39 is 11.6 Å². The molecule has 0 aliphatic carbocycles. The van der Waals surface area contributed by atoms with Crippen LogP contribution >= 0.6 is 0 Å². The summed E-state index contributed by atoms with van der Waals surface area (Å²) >= 11 is 0. The Balaban J connectivity index is 1.83. The summed E-state index contributed by atoms with van der Waals surface area (Å²) in [5, 5.41) is 24.1. The van der Waals surface area contributed by atoms with Crippen LogP contribution in [-0.4, -0.2) is 37.2 Å². The third-order valence-electron chi connectivity index (χ3n) is 3.74. The van der Waals surface area contributed by atoms with Crippen molar-refractivity contribution in [2.24, 2.45) is 13.0 Å². The van der Waals surface area contributed by atoms with E-state index in [2.05, 4.69) is 34.7 Å². The van der Waals surface area contributed by atoms with Crippen molar-refractivity contribution in [1.29, 1.82) is 0 Å². The predicted molar refractivity (Wildman–Crippen MR) is 91.5 cm³/mol. The lowest BCUT2D eigenvalue weighted by atomic mass is 10.00. The van der Waals surface area contributed by atoms with Gasteiger partial charge in [0, 0.05) is 37.6 Å². The summed E-state index contributed by atoms with van der Waals surface area (Å²) in [6, 6.07) is 1.34. The summed E-state index contributed by atoms with van der Waals surface area (Å²) in [7, 11) is 1.77. The molecule has 2 amide bonds. The topological polar surface area (TPSA) is 97.0 Å². The second-order valence-electron chi connectivity index (χ2n) is 6.63. The number of aryl methyl sites for hydroxylation is 2. The zero-order valence-corrected chi connectivity index (χ0v) is 14.7. The number of nitrogens with one attached hydrogen (secondary N) is 2. The van der Waals surface area contributed by atoms with Gasteiger partial charge in [-0.25, -0.2) is 4.79 Å². The summed E-state index contributed by atoms with van der Waals surface area (Å²) in [5.41, 5.74) is -0.550. The number of urea groups is 1. The predicted octanol–water partition coefficient (Wildman–Crippen LogP) is 1.69. The molecular formula is C16H26N6O2. The molecular weight excluding hydrogens is 308 g/mol. The Morgan fingerprint density at radius 3 is 2.83 bits per heavy atom. The molecule has 2 aromatic rings. The lowest BCUT2D eigenvalue weighted by molar-refractivity contribution is 0.0599. The molecule has 0 aromatic carbocycles. The van der Waals surface area contributed by atoms with Crippen LogP contribution in [0.4, 0.5) is 10.6 Å². The van der Waals surface area contributed by atoms with Crippen LogP contribution in [0.2, 0.25) is 0 Å². The number of hydrogen-bond donors (Lipinski definition) is 3. The maximum absolute atomic E-state index is 12.0. The van der Waals surface area contributed by atoms with Crippen LogP contribution in [0.15, 0.2) is 24.7 Å². The second-order valence-corrected chi connectivity index (χ2v) is 6.63. The molecule has 0 fully saturated rings. The van der Waals surface area contributed by atoms with Gasteiger partial charge in [-0.05, 0) is 19.3 Å². The van der Waals surface area contributed by atoms with Gasteiger partial charge >= 0.3 is 6.03 Å². The van der Waals surface area contributed by atoms with Crippen molar-refractivity contribution in [3.05, 3.63) is 30.2 Å². The van der Waals surface area contributed by atoms with Gasteiger partial charge in [0.05, 0.1) is 12.7 Å². The number of carbonyl (C=O) groups is 1. The molecule has 3 N–H and O–H groups in total. The number of amides is 2. The first-order chi connectivity index (χ1) is 11.3. The number of aromatic nitrogens is 4. The average Bonchev–Trinajstić information content (AvgIpc) is 3.12. The van der Waals surface area contributed by atoms with Crippen LogP contribution in [0, 0.1) is 5.92 Å². The summed E-state index contributed by atoms with van der Waals surface area (Å²) in [6.45, 7) is 6.83. The first-order valence-electron chi connectivity index (χ1n) is 8.06. The smallest absolute Gasteiger partial charge is 0.320 e. The van der Waals surface area contributed by atoms with Gasteiger partial charge in [0.2, 0.25) is 0 Å². The normalized spacial score (nSPS) is 13.8. The summed E-state index contributed by atoms with van der Waals surface area (Å²) in [5.74, 6) is 1.08. The van der Waals surface area contributed by atoms with E-state index in [1.54, 1.807) is 41.8 Å². The molecule has 0 saturated heterocycles. The molecule has 0 saturated carbocycles. The van der Waals surface area contributed by atoms with E-state index in [1.807, 2.05) is 6.20 Å². The van der Waals surface area contributed by atoms with E-state index in [1.165, 1.54) is 0 Å². The Morgan fingerprint density at radius 2 is 2.21 bits per heavy atom. The molecule has 0 bridgehead atoms. The standard InChI is InChI=1S/C16H26N6O2/c1-12(2)5-7-22-8-6-14(20-22)19-15(23)17-11-16(3,24)13-9-18-21(4)10-13/h6,8-10,12,24H,5,7,11H2,1-4H3,(H2,17,19,20,23). The van der Waals surface area contributed by atoms with Gasteiger partial charge in [-0.1, -0.05) is 13.8 Å². The Labute approximate surface area is 141 Å². The number of rotatable bonds is 7. The van der Waals surface area contributed by atoms with Crippen LogP contribution < -0.4 is 10.6 Å². The molecule has 1 atom stereocenters. The molecule has 1 unspecified atom stereocenters. The molecule has 2 aromatic heterocycles. The molecule has 0 radical (unpaired) electrons. The minimum atomic E-state index is -1.19. The molecule has 8 heteroatoms. The van der Waals surface area contributed by atoms with E-state index in [4.69, 9.17) is 0 Å². The van der Waals surface area contributed by atoms with E-state index in [0.29, 0.717) is 17.3 Å². The van der Waals surface area contributed by atoms with Gasteiger partial charge in [-0.2, -0.15) is 10.2 Å². The molecule has 132 valence electrons. The molecule has 0 spiro atoms. The SMILES string of the molecule is CC(C)CCn1ccc(NC(=O)NCC(C)(O)c2cnn(C)c2)n1.